The molecule has 0 radical (unpaired) electrons. The highest BCUT2D eigenvalue weighted by molar-refractivity contribution is 5.70. The van der Waals surface area contributed by atoms with E-state index in [1.807, 2.05) is 6.92 Å². The first-order valence-corrected chi connectivity index (χ1v) is 4.64. The topological polar surface area (TPSA) is 38.3 Å². The van der Waals surface area contributed by atoms with E-state index in [0.717, 1.165) is 6.42 Å². The average Bonchev–Trinajstić information content (AvgIpc) is 2.36. The predicted molar refractivity (Wildman–Crippen MR) is 46.9 cm³/mol. The molecule has 0 unspecified atom stereocenters. The van der Waals surface area contributed by atoms with Gasteiger partial charge in [0.1, 0.15) is 0 Å². The van der Waals surface area contributed by atoms with Gasteiger partial charge < -0.3 is 10.1 Å². The third-order valence-corrected chi connectivity index (χ3v) is 2.19. The fraction of sp³-hybridized carbons (Fsp3) is 0.889. The van der Waals surface area contributed by atoms with Crippen molar-refractivity contribution in [1.29, 1.82) is 0 Å². The van der Waals surface area contributed by atoms with Crippen molar-refractivity contribution in [1.82, 2.24) is 5.32 Å². The Kier molecular flexibility index (Phi) is 3.53. The van der Waals surface area contributed by atoms with Gasteiger partial charge in [-0.15, -0.1) is 0 Å². The Bertz CT molecular complexity index is 159. The van der Waals surface area contributed by atoms with Crippen molar-refractivity contribution >= 4 is 5.97 Å². The van der Waals surface area contributed by atoms with E-state index in [-0.39, 0.29) is 5.97 Å². The number of nitrogens with one attached hydrogen (secondary N) is 1. The van der Waals surface area contributed by atoms with Crippen molar-refractivity contribution < 1.29 is 9.53 Å². The minimum Gasteiger partial charge on any atom is -0.466 e. The molecule has 1 rings (SSSR count). The number of esters is 1. The Morgan fingerprint density at radius 2 is 2.33 bits per heavy atom. The summed E-state index contributed by atoms with van der Waals surface area (Å²) in [6, 6.07) is 0.906. The summed E-state index contributed by atoms with van der Waals surface area (Å²) in [5, 5.41) is 3.34. The summed E-state index contributed by atoms with van der Waals surface area (Å²) in [5.41, 5.74) is 0. The fourth-order valence-electron chi connectivity index (χ4n) is 1.60. The van der Waals surface area contributed by atoms with E-state index >= 15 is 0 Å². The third kappa shape index (κ3) is 2.81. The number of rotatable bonds is 3. The average molecular weight is 171 g/mol. The second-order valence-electron chi connectivity index (χ2n) is 3.35. The maximum absolute atomic E-state index is 11.0. The summed E-state index contributed by atoms with van der Waals surface area (Å²) in [4.78, 5) is 11.0. The van der Waals surface area contributed by atoms with Crippen LogP contribution in [0.2, 0.25) is 0 Å². The Morgan fingerprint density at radius 3 is 2.83 bits per heavy atom. The third-order valence-electron chi connectivity index (χ3n) is 2.19. The Morgan fingerprint density at radius 1 is 1.58 bits per heavy atom. The van der Waals surface area contributed by atoms with Crippen molar-refractivity contribution in [2.75, 3.05) is 6.61 Å². The van der Waals surface area contributed by atoms with Crippen LogP contribution in [0.15, 0.2) is 0 Å². The molecule has 1 saturated heterocycles. The number of hydrogen-bond donors (Lipinski definition) is 1. The van der Waals surface area contributed by atoms with Gasteiger partial charge in [-0.05, 0) is 26.7 Å². The van der Waals surface area contributed by atoms with Crippen LogP contribution in [0.25, 0.3) is 0 Å². The molecule has 0 saturated carbocycles. The van der Waals surface area contributed by atoms with Gasteiger partial charge in [0.05, 0.1) is 13.0 Å². The first kappa shape index (κ1) is 9.52. The molecule has 1 aliphatic heterocycles. The van der Waals surface area contributed by atoms with Gasteiger partial charge in [-0.3, -0.25) is 4.79 Å². The monoisotopic (exact) mass is 171 g/mol. The molecule has 0 aromatic carbocycles. The van der Waals surface area contributed by atoms with Gasteiger partial charge in [-0.25, -0.2) is 0 Å². The molecule has 0 aromatic rings. The van der Waals surface area contributed by atoms with Gasteiger partial charge in [-0.2, -0.15) is 0 Å². The summed E-state index contributed by atoms with van der Waals surface area (Å²) in [6.45, 7) is 4.47. The molecular formula is C9H17NO2. The molecule has 3 nitrogen and oxygen atoms in total. The Labute approximate surface area is 73.5 Å². The first-order chi connectivity index (χ1) is 5.72. The largest absolute Gasteiger partial charge is 0.466 e. The van der Waals surface area contributed by atoms with Crippen molar-refractivity contribution in [3.63, 3.8) is 0 Å². The zero-order valence-corrected chi connectivity index (χ0v) is 7.80. The van der Waals surface area contributed by atoms with Gasteiger partial charge in [0.25, 0.3) is 0 Å². The summed E-state index contributed by atoms with van der Waals surface area (Å²) >= 11 is 0. The van der Waals surface area contributed by atoms with Gasteiger partial charge in [-0.1, -0.05) is 0 Å². The number of hydrogen-bond acceptors (Lipinski definition) is 3. The van der Waals surface area contributed by atoms with E-state index in [1.165, 1.54) is 6.42 Å². The van der Waals surface area contributed by atoms with E-state index in [0.29, 0.717) is 25.1 Å². The molecule has 0 amide bonds. The summed E-state index contributed by atoms with van der Waals surface area (Å²) in [7, 11) is 0. The second-order valence-corrected chi connectivity index (χ2v) is 3.35. The first-order valence-electron chi connectivity index (χ1n) is 4.64. The summed E-state index contributed by atoms with van der Waals surface area (Å²) < 4.78 is 4.86. The van der Waals surface area contributed by atoms with E-state index in [1.54, 1.807) is 0 Å². The summed E-state index contributed by atoms with van der Waals surface area (Å²) in [5.74, 6) is -0.0795. The van der Waals surface area contributed by atoms with E-state index in [9.17, 15) is 4.79 Å². The lowest BCUT2D eigenvalue weighted by atomic mass is 10.1. The molecule has 2 atom stereocenters. The van der Waals surface area contributed by atoms with Gasteiger partial charge in [0.2, 0.25) is 0 Å². The molecule has 0 bridgehead atoms. The molecular weight excluding hydrogens is 154 g/mol. The zero-order valence-electron chi connectivity index (χ0n) is 7.80. The quantitative estimate of drug-likeness (QED) is 0.646. The standard InChI is InChI=1S/C9H17NO2/c1-3-12-9(11)6-8-5-4-7(2)10-8/h7-8,10H,3-6H2,1-2H3/t7-,8+/m1/s1. The van der Waals surface area contributed by atoms with Crippen LogP contribution in [0.3, 0.4) is 0 Å². The van der Waals surface area contributed by atoms with Crippen molar-refractivity contribution in [2.24, 2.45) is 0 Å². The molecule has 12 heavy (non-hydrogen) atoms. The van der Waals surface area contributed by atoms with Crippen molar-refractivity contribution in [3.05, 3.63) is 0 Å². The highest BCUT2D eigenvalue weighted by Crippen LogP contribution is 2.14. The number of carbonyl (C=O) groups excluding carboxylic acids is 1. The lowest BCUT2D eigenvalue weighted by molar-refractivity contribution is -0.143. The Balaban J connectivity index is 2.18. The van der Waals surface area contributed by atoms with Gasteiger partial charge >= 0.3 is 5.97 Å². The SMILES string of the molecule is CCOC(=O)C[C@@H]1CC[C@@H](C)N1. The van der Waals surface area contributed by atoms with Crippen LogP contribution in [0.1, 0.15) is 33.1 Å². The minimum absolute atomic E-state index is 0.0795. The molecule has 0 spiro atoms. The molecule has 0 aliphatic carbocycles. The van der Waals surface area contributed by atoms with Crippen molar-refractivity contribution in [2.45, 2.75) is 45.2 Å². The molecule has 0 aromatic heterocycles. The van der Waals surface area contributed by atoms with E-state index in [4.69, 9.17) is 4.74 Å². The number of ether oxygens (including phenoxy) is 1. The Hall–Kier alpha value is -0.570. The van der Waals surface area contributed by atoms with Crippen LogP contribution in [0.5, 0.6) is 0 Å². The molecule has 3 heteroatoms. The minimum atomic E-state index is -0.0795. The second kappa shape index (κ2) is 4.45. The molecule has 1 fully saturated rings. The number of carbonyl (C=O) groups is 1. The predicted octanol–water partition coefficient (Wildman–Crippen LogP) is 1.08. The maximum Gasteiger partial charge on any atom is 0.307 e. The molecule has 1 N–H and O–H groups in total. The van der Waals surface area contributed by atoms with Crippen LogP contribution in [-0.2, 0) is 9.53 Å². The normalized spacial score (nSPS) is 28.8. The smallest absolute Gasteiger partial charge is 0.307 e. The van der Waals surface area contributed by atoms with Gasteiger partial charge in [0.15, 0.2) is 0 Å². The van der Waals surface area contributed by atoms with Crippen LogP contribution in [-0.4, -0.2) is 24.7 Å². The van der Waals surface area contributed by atoms with Gasteiger partial charge in [0, 0.05) is 12.1 Å². The van der Waals surface area contributed by atoms with Crippen LogP contribution in [0.4, 0.5) is 0 Å². The maximum atomic E-state index is 11.0. The van der Waals surface area contributed by atoms with E-state index in [2.05, 4.69) is 12.2 Å². The molecule has 70 valence electrons. The summed E-state index contributed by atoms with van der Waals surface area (Å²) in [6.07, 6.45) is 2.79. The molecule has 1 aliphatic rings. The zero-order chi connectivity index (χ0) is 8.97. The van der Waals surface area contributed by atoms with Crippen LogP contribution in [0, 0.1) is 0 Å². The highest BCUT2D eigenvalue weighted by atomic mass is 16.5. The lowest BCUT2D eigenvalue weighted by Gasteiger charge is -2.10. The van der Waals surface area contributed by atoms with Crippen LogP contribution >= 0.6 is 0 Å². The lowest BCUT2D eigenvalue weighted by Crippen LogP contribution is -2.29. The van der Waals surface area contributed by atoms with Crippen LogP contribution < -0.4 is 5.32 Å². The van der Waals surface area contributed by atoms with E-state index < -0.39 is 0 Å². The highest BCUT2D eigenvalue weighted by Gasteiger charge is 2.22. The van der Waals surface area contributed by atoms with Crippen molar-refractivity contribution in [3.8, 4) is 0 Å². The fourth-order valence-corrected chi connectivity index (χ4v) is 1.60. The molecule has 1 heterocycles.